The quantitative estimate of drug-likeness (QED) is 0.759. The largest absolute Gasteiger partial charge is 0.491 e. The molecule has 0 aromatic carbocycles. The third-order valence-electron chi connectivity index (χ3n) is 1.88. The summed E-state index contributed by atoms with van der Waals surface area (Å²) in [7, 11) is 3.16. The fraction of sp³-hybridized carbons (Fsp3) is 0.222. The van der Waals surface area contributed by atoms with Crippen LogP contribution < -0.4 is 9.47 Å². The van der Waals surface area contributed by atoms with Crippen molar-refractivity contribution in [2.45, 2.75) is 0 Å². The van der Waals surface area contributed by atoms with Gasteiger partial charge in [-0.15, -0.1) is 0 Å². The number of pyridine rings is 1. The summed E-state index contributed by atoms with van der Waals surface area (Å²) in [5.41, 5.74) is 1.82. The molecule has 0 amide bonds. The van der Waals surface area contributed by atoms with Crippen molar-refractivity contribution in [3.63, 3.8) is 0 Å². The molecule has 0 saturated heterocycles. The van der Waals surface area contributed by atoms with E-state index in [1.165, 1.54) is 0 Å². The fourth-order valence-corrected chi connectivity index (χ4v) is 1.24. The van der Waals surface area contributed by atoms with Gasteiger partial charge in [0.25, 0.3) is 5.88 Å². The zero-order valence-corrected chi connectivity index (χ0v) is 7.50. The summed E-state index contributed by atoms with van der Waals surface area (Å²) in [5, 5.41) is 0. The molecule has 68 valence electrons. The molecule has 0 atom stereocenters. The Bertz CT molecular complexity index is 384. The Kier molecular flexibility index (Phi) is 1.81. The van der Waals surface area contributed by atoms with Crippen molar-refractivity contribution in [2.75, 3.05) is 14.2 Å². The van der Waals surface area contributed by atoms with Crippen LogP contribution in [0.15, 0.2) is 18.3 Å². The first kappa shape index (κ1) is 7.91. The van der Waals surface area contributed by atoms with Crippen molar-refractivity contribution in [2.24, 2.45) is 0 Å². The van der Waals surface area contributed by atoms with Crippen molar-refractivity contribution in [3.8, 4) is 11.6 Å². The second-order valence-electron chi connectivity index (χ2n) is 2.61. The van der Waals surface area contributed by atoms with Crippen molar-refractivity contribution >= 4 is 11.0 Å². The molecule has 0 fully saturated rings. The number of nitrogens with one attached hydrogen (secondary N) is 1. The monoisotopic (exact) mass is 178 g/mol. The van der Waals surface area contributed by atoms with Crippen LogP contribution in [0.5, 0.6) is 11.6 Å². The average Bonchev–Trinajstić information content (AvgIpc) is 2.62. The SMILES string of the molecule is COc1cc2[nH]ccc2nc1OC. The highest BCUT2D eigenvalue weighted by molar-refractivity contribution is 5.77. The predicted molar refractivity (Wildman–Crippen MR) is 49.2 cm³/mol. The molecule has 0 radical (unpaired) electrons. The number of rotatable bonds is 2. The van der Waals surface area contributed by atoms with E-state index in [0.29, 0.717) is 11.6 Å². The second-order valence-corrected chi connectivity index (χ2v) is 2.61. The molecule has 0 saturated carbocycles. The van der Waals surface area contributed by atoms with E-state index in [-0.39, 0.29) is 0 Å². The van der Waals surface area contributed by atoms with Crippen molar-refractivity contribution in [1.29, 1.82) is 0 Å². The third-order valence-corrected chi connectivity index (χ3v) is 1.88. The highest BCUT2D eigenvalue weighted by atomic mass is 16.5. The Hall–Kier alpha value is -1.71. The molecule has 0 aliphatic rings. The maximum absolute atomic E-state index is 5.11. The van der Waals surface area contributed by atoms with Crippen LogP contribution in [0.3, 0.4) is 0 Å². The summed E-state index contributed by atoms with van der Waals surface area (Å²) >= 11 is 0. The van der Waals surface area contributed by atoms with Gasteiger partial charge >= 0.3 is 0 Å². The van der Waals surface area contributed by atoms with Crippen LogP contribution in [0, 0.1) is 0 Å². The first-order valence-electron chi connectivity index (χ1n) is 3.91. The van der Waals surface area contributed by atoms with Crippen molar-refractivity contribution in [1.82, 2.24) is 9.97 Å². The minimum atomic E-state index is 0.509. The number of nitrogens with zero attached hydrogens (tertiary/aromatic N) is 1. The van der Waals surface area contributed by atoms with E-state index in [1.807, 2.05) is 18.3 Å². The summed E-state index contributed by atoms with van der Waals surface area (Å²) < 4.78 is 10.2. The first-order chi connectivity index (χ1) is 6.35. The highest BCUT2D eigenvalue weighted by Crippen LogP contribution is 2.27. The lowest BCUT2D eigenvalue weighted by Crippen LogP contribution is -1.93. The minimum Gasteiger partial charge on any atom is -0.491 e. The summed E-state index contributed by atoms with van der Waals surface area (Å²) in [5.74, 6) is 1.15. The summed E-state index contributed by atoms with van der Waals surface area (Å²) in [4.78, 5) is 7.29. The number of hydrogen-bond acceptors (Lipinski definition) is 3. The Balaban J connectivity index is 2.67. The van der Waals surface area contributed by atoms with Crippen LogP contribution >= 0.6 is 0 Å². The lowest BCUT2D eigenvalue weighted by Gasteiger charge is -2.05. The molecule has 13 heavy (non-hydrogen) atoms. The van der Waals surface area contributed by atoms with E-state index in [0.717, 1.165) is 11.0 Å². The van der Waals surface area contributed by atoms with Crippen molar-refractivity contribution in [3.05, 3.63) is 18.3 Å². The molecular formula is C9H10N2O2. The number of ether oxygens (including phenoxy) is 2. The molecule has 4 nitrogen and oxygen atoms in total. The van der Waals surface area contributed by atoms with Gasteiger partial charge in [-0.3, -0.25) is 0 Å². The van der Waals surface area contributed by atoms with Gasteiger partial charge in [-0.25, -0.2) is 4.98 Å². The standard InChI is InChI=1S/C9H10N2O2/c1-12-8-5-7-6(3-4-10-7)11-9(8)13-2/h3-5,10H,1-2H3. The highest BCUT2D eigenvalue weighted by Gasteiger charge is 2.07. The smallest absolute Gasteiger partial charge is 0.257 e. The molecule has 2 aromatic rings. The van der Waals surface area contributed by atoms with Crippen LogP contribution in [0.2, 0.25) is 0 Å². The normalized spacial score (nSPS) is 10.3. The van der Waals surface area contributed by atoms with E-state index in [1.54, 1.807) is 14.2 Å². The topological polar surface area (TPSA) is 47.1 Å². The van der Waals surface area contributed by atoms with Gasteiger partial charge < -0.3 is 14.5 Å². The fourth-order valence-electron chi connectivity index (χ4n) is 1.24. The minimum absolute atomic E-state index is 0.509. The molecule has 2 aromatic heterocycles. The van der Waals surface area contributed by atoms with E-state index < -0.39 is 0 Å². The van der Waals surface area contributed by atoms with Gasteiger partial charge in [0.15, 0.2) is 5.75 Å². The number of H-pyrrole nitrogens is 1. The van der Waals surface area contributed by atoms with Crippen LogP contribution in [-0.2, 0) is 0 Å². The maximum atomic E-state index is 5.11. The van der Waals surface area contributed by atoms with Crippen LogP contribution in [0.4, 0.5) is 0 Å². The molecule has 2 heterocycles. The van der Waals surface area contributed by atoms with E-state index in [2.05, 4.69) is 9.97 Å². The second kappa shape index (κ2) is 2.97. The Morgan fingerprint density at radius 3 is 2.85 bits per heavy atom. The zero-order chi connectivity index (χ0) is 9.26. The van der Waals surface area contributed by atoms with E-state index in [4.69, 9.17) is 9.47 Å². The van der Waals surface area contributed by atoms with Crippen LogP contribution in [0.25, 0.3) is 11.0 Å². The molecule has 1 N–H and O–H groups in total. The van der Waals surface area contributed by atoms with Gasteiger partial charge in [0.05, 0.1) is 25.3 Å². The number of hydrogen-bond donors (Lipinski definition) is 1. The first-order valence-corrected chi connectivity index (χ1v) is 3.91. The van der Waals surface area contributed by atoms with Gasteiger partial charge in [-0.05, 0) is 6.07 Å². The molecule has 0 spiro atoms. The van der Waals surface area contributed by atoms with Gasteiger partial charge in [0.2, 0.25) is 0 Å². The van der Waals surface area contributed by atoms with Gasteiger partial charge in [-0.1, -0.05) is 0 Å². The summed E-state index contributed by atoms with van der Waals surface area (Å²) in [6.07, 6.45) is 1.83. The molecule has 0 aliphatic carbocycles. The molecule has 4 heteroatoms. The van der Waals surface area contributed by atoms with E-state index >= 15 is 0 Å². The Morgan fingerprint density at radius 2 is 2.15 bits per heavy atom. The average molecular weight is 178 g/mol. The van der Waals surface area contributed by atoms with Crippen molar-refractivity contribution < 1.29 is 9.47 Å². The Morgan fingerprint density at radius 1 is 1.31 bits per heavy atom. The molecule has 0 unspecified atom stereocenters. The summed E-state index contributed by atoms with van der Waals surface area (Å²) in [6.45, 7) is 0. The lowest BCUT2D eigenvalue weighted by molar-refractivity contribution is 0.344. The molecule has 2 rings (SSSR count). The van der Waals surface area contributed by atoms with Gasteiger partial charge in [-0.2, -0.15) is 0 Å². The number of aromatic amines is 1. The van der Waals surface area contributed by atoms with Crippen LogP contribution in [0.1, 0.15) is 0 Å². The zero-order valence-electron chi connectivity index (χ0n) is 7.50. The number of aromatic nitrogens is 2. The maximum Gasteiger partial charge on any atom is 0.257 e. The number of methoxy groups -OCH3 is 2. The van der Waals surface area contributed by atoms with Crippen LogP contribution in [-0.4, -0.2) is 24.2 Å². The molecular weight excluding hydrogens is 168 g/mol. The lowest BCUT2D eigenvalue weighted by atomic mass is 10.3. The molecule has 0 bridgehead atoms. The van der Waals surface area contributed by atoms with Gasteiger partial charge in [0, 0.05) is 12.3 Å². The summed E-state index contributed by atoms with van der Waals surface area (Å²) in [6, 6.07) is 3.75. The predicted octanol–water partition coefficient (Wildman–Crippen LogP) is 1.58. The van der Waals surface area contributed by atoms with E-state index in [9.17, 15) is 0 Å². The van der Waals surface area contributed by atoms with Gasteiger partial charge in [0.1, 0.15) is 0 Å². The number of fused-ring (bicyclic) bond motifs is 1. The molecule has 0 aliphatic heterocycles. The third kappa shape index (κ3) is 1.20. The Labute approximate surface area is 75.5 Å².